The lowest BCUT2D eigenvalue weighted by molar-refractivity contribution is 0.102. The Morgan fingerprint density at radius 1 is 1.10 bits per heavy atom. The van der Waals surface area contributed by atoms with Gasteiger partial charge >= 0.3 is 0 Å². The minimum atomic E-state index is -0.193. The predicted octanol–water partition coefficient (Wildman–Crippen LogP) is 5.24. The van der Waals surface area contributed by atoms with Crippen LogP contribution in [0.5, 0.6) is 5.75 Å². The first-order valence-electron chi connectivity index (χ1n) is 9.40. The van der Waals surface area contributed by atoms with E-state index in [4.69, 9.17) is 9.15 Å². The van der Waals surface area contributed by atoms with E-state index in [-0.39, 0.29) is 12.0 Å². The van der Waals surface area contributed by atoms with Gasteiger partial charge in [-0.25, -0.2) is 4.98 Å². The highest BCUT2D eigenvalue weighted by atomic mass is 16.5. The second-order valence-corrected chi connectivity index (χ2v) is 7.02. The summed E-state index contributed by atoms with van der Waals surface area (Å²) in [6.07, 6.45) is 1.73. The molecule has 0 fully saturated rings. The highest BCUT2D eigenvalue weighted by molar-refractivity contribution is 6.05. The Bertz CT molecular complexity index is 1150. The van der Waals surface area contributed by atoms with E-state index >= 15 is 0 Å². The van der Waals surface area contributed by atoms with Gasteiger partial charge < -0.3 is 14.5 Å². The van der Waals surface area contributed by atoms with E-state index in [2.05, 4.69) is 15.3 Å². The molecule has 0 unspecified atom stereocenters. The second-order valence-electron chi connectivity index (χ2n) is 7.02. The number of anilines is 1. The molecule has 2 heterocycles. The Labute approximate surface area is 168 Å². The fourth-order valence-corrected chi connectivity index (χ4v) is 3.01. The summed E-state index contributed by atoms with van der Waals surface area (Å²) in [7, 11) is 0. The van der Waals surface area contributed by atoms with Gasteiger partial charge in [0.05, 0.1) is 6.10 Å². The molecule has 2 aromatic carbocycles. The maximum absolute atomic E-state index is 12.7. The van der Waals surface area contributed by atoms with Crippen LogP contribution in [-0.2, 0) is 0 Å². The summed E-state index contributed by atoms with van der Waals surface area (Å²) in [5.41, 5.74) is 4.20. The Morgan fingerprint density at radius 2 is 1.97 bits per heavy atom. The monoisotopic (exact) mass is 387 g/mol. The largest absolute Gasteiger partial charge is 0.491 e. The van der Waals surface area contributed by atoms with Gasteiger partial charge in [0.15, 0.2) is 11.2 Å². The van der Waals surface area contributed by atoms with Crippen LogP contribution in [0.1, 0.15) is 29.8 Å². The van der Waals surface area contributed by atoms with Crippen LogP contribution in [0, 0.1) is 6.92 Å². The summed E-state index contributed by atoms with van der Waals surface area (Å²) in [5, 5.41) is 2.95. The van der Waals surface area contributed by atoms with E-state index in [1.807, 2.05) is 63.2 Å². The molecule has 6 nitrogen and oxygen atoms in total. The molecule has 0 aliphatic rings. The summed E-state index contributed by atoms with van der Waals surface area (Å²) < 4.78 is 11.4. The first-order valence-corrected chi connectivity index (χ1v) is 9.40. The smallest absolute Gasteiger partial charge is 0.255 e. The van der Waals surface area contributed by atoms with E-state index in [1.54, 1.807) is 18.3 Å². The molecule has 1 amide bonds. The van der Waals surface area contributed by atoms with Crippen molar-refractivity contribution in [1.82, 2.24) is 9.97 Å². The fraction of sp³-hybridized carbons (Fsp3) is 0.174. The first kappa shape index (κ1) is 18.7. The highest BCUT2D eigenvalue weighted by Gasteiger charge is 2.13. The number of rotatable bonds is 5. The summed E-state index contributed by atoms with van der Waals surface area (Å²) in [6.45, 7) is 5.83. The number of pyridine rings is 1. The summed E-state index contributed by atoms with van der Waals surface area (Å²) in [5.74, 6) is 0.976. The third-order valence-electron chi connectivity index (χ3n) is 4.35. The van der Waals surface area contributed by atoms with Gasteiger partial charge in [-0.15, -0.1) is 0 Å². The van der Waals surface area contributed by atoms with E-state index in [0.29, 0.717) is 28.4 Å². The molecule has 0 saturated carbocycles. The molecule has 146 valence electrons. The maximum atomic E-state index is 12.7. The molecule has 0 spiro atoms. The lowest BCUT2D eigenvalue weighted by Crippen LogP contribution is -2.13. The van der Waals surface area contributed by atoms with Crippen molar-refractivity contribution in [3.63, 3.8) is 0 Å². The van der Waals surface area contributed by atoms with Crippen LogP contribution in [0.2, 0.25) is 0 Å². The zero-order valence-corrected chi connectivity index (χ0v) is 16.5. The van der Waals surface area contributed by atoms with Crippen molar-refractivity contribution < 1.29 is 13.9 Å². The van der Waals surface area contributed by atoms with Crippen LogP contribution < -0.4 is 10.1 Å². The number of nitrogens with zero attached hydrogens (tertiary/aromatic N) is 2. The van der Waals surface area contributed by atoms with Crippen molar-refractivity contribution in [2.75, 3.05) is 5.32 Å². The Balaban J connectivity index is 1.54. The van der Waals surface area contributed by atoms with Crippen LogP contribution in [0.4, 0.5) is 5.69 Å². The number of oxazole rings is 1. The normalized spacial score (nSPS) is 11.0. The van der Waals surface area contributed by atoms with Gasteiger partial charge in [0.2, 0.25) is 5.89 Å². The molecule has 0 atom stereocenters. The summed E-state index contributed by atoms with van der Waals surface area (Å²) in [6, 6.07) is 16.4. The number of hydrogen-bond acceptors (Lipinski definition) is 5. The van der Waals surface area contributed by atoms with Gasteiger partial charge in [-0.2, -0.15) is 4.98 Å². The van der Waals surface area contributed by atoms with Gasteiger partial charge in [-0.1, -0.05) is 6.07 Å². The molecule has 4 rings (SSSR count). The van der Waals surface area contributed by atoms with Crippen LogP contribution >= 0.6 is 0 Å². The molecule has 4 aromatic rings. The number of nitrogens with one attached hydrogen (secondary N) is 1. The number of benzene rings is 2. The number of carbonyl (C=O) groups is 1. The minimum Gasteiger partial charge on any atom is -0.491 e. The number of carbonyl (C=O) groups excluding carboxylic acids is 1. The number of ether oxygens (including phenoxy) is 1. The predicted molar refractivity (Wildman–Crippen MR) is 112 cm³/mol. The zero-order chi connectivity index (χ0) is 20.4. The minimum absolute atomic E-state index is 0.0464. The quantitative estimate of drug-likeness (QED) is 0.507. The van der Waals surface area contributed by atoms with E-state index in [0.717, 1.165) is 16.8 Å². The molecule has 0 aliphatic carbocycles. The average molecular weight is 387 g/mol. The lowest BCUT2D eigenvalue weighted by Gasteiger charge is -2.12. The topological polar surface area (TPSA) is 77.3 Å². The molecule has 0 bridgehead atoms. The Hall–Kier alpha value is -3.67. The summed E-state index contributed by atoms with van der Waals surface area (Å²) in [4.78, 5) is 21.3. The molecule has 0 saturated heterocycles. The number of fused-ring (bicyclic) bond motifs is 1. The summed E-state index contributed by atoms with van der Waals surface area (Å²) >= 11 is 0. The Morgan fingerprint density at radius 3 is 2.72 bits per heavy atom. The third kappa shape index (κ3) is 4.11. The van der Waals surface area contributed by atoms with Gasteiger partial charge in [-0.3, -0.25) is 4.79 Å². The van der Waals surface area contributed by atoms with Crippen molar-refractivity contribution in [2.24, 2.45) is 0 Å². The van der Waals surface area contributed by atoms with E-state index in [9.17, 15) is 4.79 Å². The van der Waals surface area contributed by atoms with Gasteiger partial charge in [0.1, 0.15) is 5.75 Å². The number of aromatic nitrogens is 2. The third-order valence-corrected chi connectivity index (χ3v) is 4.35. The molecule has 6 heteroatoms. The van der Waals surface area contributed by atoms with Crippen LogP contribution in [0.15, 0.2) is 65.2 Å². The fourth-order valence-electron chi connectivity index (χ4n) is 3.01. The SMILES string of the molecule is Cc1cc(-c2nc3ncccc3o2)ccc1NC(=O)c1cccc(OC(C)C)c1. The first-order chi connectivity index (χ1) is 14.0. The number of amides is 1. The maximum Gasteiger partial charge on any atom is 0.255 e. The average Bonchev–Trinajstić information content (AvgIpc) is 3.13. The van der Waals surface area contributed by atoms with Crippen LogP contribution in [-0.4, -0.2) is 22.0 Å². The van der Waals surface area contributed by atoms with Crippen molar-refractivity contribution in [2.45, 2.75) is 26.9 Å². The molecular weight excluding hydrogens is 366 g/mol. The molecule has 2 aromatic heterocycles. The van der Waals surface area contributed by atoms with Crippen molar-refractivity contribution >= 4 is 22.8 Å². The zero-order valence-electron chi connectivity index (χ0n) is 16.5. The van der Waals surface area contributed by atoms with Crippen LogP contribution in [0.3, 0.4) is 0 Å². The van der Waals surface area contributed by atoms with Crippen molar-refractivity contribution in [3.8, 4) is 17.2 Å². The van der Waals surface area contributed by atoms with Crippen molar-refractivity contribution in [3.05, 3.63) is 71.9 Å². The van der Waals surface area contributed by atoms with E-state index < -0.39 is 0 Å². The number of aryl methyl sites for hydroxylation is 1. The van der Waals surface area contributed by atoms with Crippen LogP contribution in [0.25, 0.3) is 22.7 Å². The van der Waals surface area contributed by atoms with Gasteiger partial charge in [-0.05, 0) is 74.9 Å². The molecule has 29 heavy (non-hydrogen) atoms. The molecule has 0 aliphatic heterocycles. The van der Waals surface area contributed by atoms with Gasteiger partial charge in [0, 0.05) is 23.0 Å². The molecule has 0 radical (unpaired) electrons. The van der Waals surface area contributed by atoms with Gasteiger partial charge in [0.25, 0.3) is 5.91 Å². The molecule has 1 N–H and O–H groups in total. The number of hydrogen-bond donors (Lipinski definition) is 1. The Kier molecular flexibility index (Phi) is 4.99. The van der Waals surface area contributed by atoms with E-state index in [1.165, 1.54) is 0 Å². The highest BCUT2D eigenvalue weighted by Crippen LogP contribution is 2.27. The standard InChI is InChI=1S/C23H21N3O3/c1-14(2)28-18-7-4-6-16(13-18)22(27)25-19-10-9-17(12-15(19)3)23-26-21-20(29-23)8-5-11-24-21/h4-14H,1-3H3,(H,25,27). The van der Waals surface area contributed by atoms with Crippen molar-refractivity contribution in [1.29, 1.82) is 0 Å². The molecular formula is C23H21N3O3. The lowest BCUT2D eigenvalue weighted by atomic mass is 10.1. The second kappa shape index (κ2) is 7.75.